The zero-order chi connectivity index (χ0) is 18.9. The Morgan fingerprint density at radius 1 is 1.38 bits per heavy atom. The van der Waals surface area contributed by atoms with Gasteiger partial charge in [-0.05, 0) is 24.6 Å². The number of nitrogens with one attached hydrogen (secondary N) is 1. The van der Waals surface area contributed by atoms with Crippen LogP contribution in [-0.4, -0.2) is 28.6 Å². The van der Waals surface area contributed by atoms with Gasteiger partial charge >= 0.3 is 6.18 Å². The highest BCUT2D eigenvalue weighted by molar-refractivity contribution is 7.15. The molecule has 0 saturated carbocycles. The molecule has 1 fully saturated rings. The Labute approximate surface area is 151 Å². The number of hydrogen-bond donors (Lipinski definition) is 1. The molecule has 1 aromatic heterocycles. The van der Waals surface area contributed by atoms with Crippen LogP contribution in [0, 0.1) is 5.92 Å². The van der Waals surface area contributed by atoms with Gasteiger partial charge in [0, 0.05) is 18.7 Å². The second kappa shape index (κ2) is 7.02. The fraction of sp³-hybridized carbons (Fsp3) is 0.375. The van der Waals surface area contributed by atoms with Gasteiger partial charge in [-0.1, -0.05) is 24.3 Å². The second-order valence-corrected chi connectivity index (χ2v) is 6.86. The summed E-state index contributed by atoms with van der Waals surface area (Å²) in [5.74, 6) is -1.45. The number of halogens is 3. The highest BCUT2D eigenvalue weighted by Gasteiger charge is 2.37. The lowest BCUT2D eigenvalue weighted by molar-refractivity contribution is -0.137. The van der Waals surface area contributed by atoms with Gasteiger partial charge in [0.2, 0.25) is 16.9 Å². The van der Waals surface area contributed by atoms with E-state index in [1.165, 1.54) is 28.4 Å². The van der Waals surface area contributed by atoms with Crippen LogP contribution in [0.4, 0.5) is 24.0 Å². The number of carbonyl (C=O) groups excluding carboxylic acids is 2. The summed E-state index contributed by atoms with van der Waals surface area (Å²) in [5, 5.41) is 11.5. The SMILES string of the molecule is CCc1nnc(NC(=O)[C@@H]2CC(=O)N(c3cccc(C(F)(F)F)c3)C2)s1. The predicted molar refractivity (Wildman–Crippen MR) is 89.8 cm³/mol. The molecule has 1 saturated heterocycles. The molecule has 26 heavy (non-hydrogen) atoms. The van der Waals surface area contributed by atoms with Crippen LogP contribution < -0.4 is 10.2 Å². The van der Waals surface area contributed by atoms with Gasteiger partial charge in [0.15, 0.2) is 0 Å². The van der Waals surface area contributed by atoms with Crippen molar-refractivity contribution in [2.75, 3.05) is 16.8 Å². The van der Waals surface area contributed by atoms with Gasteiger partial charge in [-0.15, -0.1) is 10.2 Å². The summed E-state index contributed by atoms with van der Waals surface area (Å²) in [5.41, 5.74) is -0.707. The minimum absolute atomic E-state index is 0.0193. The van der Waals surface area contributed by atoms with Crippen LogP contribution in [-0.2, 0) is 22.2 Å². The summed E-state index contributed by atoms with van der Waals surface area (Å²) in [7, 11) is 0. The minimum Gasteiger partial charge on any atom is -0.312 e. The summed E-state index contributed by atoms with van der Waals surface area (Å²) in [4.78, 5) is 25.7. The van der Waals surface area contributed by atoms with E-state index in [9.17, 15) is 22.8 Å². The standard InChI is InChI=1S/C16H15F3N4O2S/c1-2-12-21-22-15(26-12)20-14(25)9-6-13(24)23(8-9)11-5-3-4-10(7-11)16(17,18)19/h3-5,7,9H,2,6,8H2,1H3,(H,20,22,25)/t9-/m1/s1. The molecule has 1 aromatic carbocycles. The topological polar surface area (TPSA) is 75.2 Å². The highest BCUT2D eigenvalue weighted by atomic mass is 32.1. The Balaban J connectivity index is 1.71. The maximum Gasteiger partial charge on any atom is 0.416 e. The summed E-state index contributed by atoms with van der Waals surface area (Å²) >= 11 is 1.24. The third kappa shape index (κ3) is 3.85. The van der Waals surface area contributed by atoms with E-state index in [1.807, 2.05) is 6.92 Å². The smallest absolute Gasteiger partial charge is 0.312 e. The summed E-state index contributed by atoms with van der Waals surface area (Å²) in [6, 6.07) is 4.52. The van der Waals surface area contributed by atoms with Gasteiger partial charge in [0.25, 0.3) is 0 Å². The molecule has 2 aromatic rings. The number of carbonyl (C=O) groups is 2. The van der Waals surface area contributed by atoms with Crippen LogP contribution in [0.25, 0.3) is 0 Å². The number of aromatic nitrogens is 2. The van der Waals surface area contributed by atoms with E-state index in [-0.39, 0.29) is 18.7 Å². The molecule has 6 nitrogen and oxygen atoms in total. The van der Waals surface area contributed by atoms with Crippen LogP contribution in [0.5, 0.6) is 0 Å². The maximum atomic E-state index is 12.9. The molecule has 0 radical (unpaired) electrons. The summed E-state index contributed by atoms with van der Waals surface area (Å²) < 4.78 is 38.6. The Hall–Kier alpha value is -2.49. The van der Waals surface area contributed by atoms with Crippen LogP contribution in [0.2, 0.25) is 0 Å². The van der Waals surface area contributed by atoms with E-state index >= 15 is 0 Å². The normalized spacial score (nSPS) is 17.6. The molecule has 0 unspecified atom stereocenters. The predicted octanol–water partition coefficient (Wildman–Crippen LogP) is 3.11. The Morgan fingerprint density at radius 2 is 2.15 bits per heavy atom. The number of amides is 2. The molecular formula is C16H15F3N4O2S. The Kier molecular flexibility index (Phi) is 4.94. The number of nitrogens with zero attached hydrogens (tertiary/aromatic N) is 3. The molecule has 2 amide bonds. The van der Waals surface area contributed by atoms with E-state index in [0.29, 0.717) is 11.6 Å². The van der Waals surface area contributed by atoms with Gasteiger partial charge in [-0.2, -0.15) is 13.2 Å². The molecule has 0 spiro atoms. The third-order valence-electron chi connectivity index (χ3n) is 3.98. The van der Waals surface area contributed by atoms with Gasteiger partial charge in [0.1, 0.15) is 5.01 Å². The maximum absolute atomic E-state index is 12.9. The molecule has 0 aliphatic carbocycles. The van der Waals surface area contributed by atoms with Crippen molar-refractivity contribution in [1.29, 1.82) is 0 Å². The number of anilines is 2. The van der Waals surface area contributed by atoms with E-state index in [1.54, 1.807) is 0 Å². The molecule has 1 aliphatic heterocycles. The molecule has 138 valence electrons. The number of aryl methyl sites for hydroxylation is 1. The van der Waals surface area contributed by atoms with Crippen molar-refractivity contribution in [1.82, 2.24) is 10.2 Å². The van der Waals surface area contributed by atoms with Crippen LogP contribution in [0.1, 0.15) is 23.9 Å². The lowest BCUT2D eigenvalue weighted by Gasteiger charge is -2.18. The van der Waals surface area contributed by atoms with E-state index in [0.717, 1.165) is 17.1 Å². The first-order valence-corrected chi connectivity index (χ1v) is 8.70. The first kappa shape index (κ1) is 18.3. The first-order valence-electron chi connectivity index (χ1n) is 7.88. The van der Waals surface area contributed by atoms with Gasteiger partial charge < -0.3 is 10.2 Å². The van der Waals surface area contributed by atoms with Crippen LogP contribution >= 0.6 is 11.3 Å². The monoisotopic (exact) mass is 384 g/mol. The van der Waals surface area contributed by atoms with Gasteiger partial charge in [-0.25, -0.2) is 0 Å². The lowest BCUT2D eigenvalue weighted by Crippen LogP contribution is -2.28. The highest BCUT2D eigenvalue weighted by Crippen LogP contribution is 2.33. The molecule has 1 aliphatic rings. The molecule has 10 heteroatoms. The van der Waals surface area contributed by atoms with Crippen molar-refractivity contribution in [2.24, 2.45) is 5.92 Å². The van der Waals surface area contributed by atoms with E-state index in [2.05, 4.69) is 15.5 Å². The average molecular weight is 384 g/mol. The number of rotatable bonds is 4. The largest absolute Gasteiger partial charge is 0.416 e. The van der Waals surface area contributed by atoms with Crippen LogP contribution in [0.15, 0.2) is 24.3 Å². The van der Waals surface area contributed by atoms with Gasteiger partial charge in [0.05, 0.1) is 11.5 Å². The Morgan fingerprint density at radius 3 is 2.81 bits per heavy atom. The van der Waals surface area contributed by atoms with Gasteiger partial charge in [-0.3, -0.25) is 9.59 Å². The molecule has 1 atom stereocenters. The van der Waals surface area contributed by atoms with Crippen molar-refractivity contribution in [2.45, 2.75) is 25.9 Å². The lowest BCUT2D eigenvalue weighted by atomic mass is 10.1. The Bertz CT molecular complexity index is 837. The number of alkyl halides is 3. The zero-order valence-electron chi connectivity index (χ0n) is 13.7. The minimum atomic E-state index is -4.50. The second-order valence-electron chi connectivity index (χ2n) is 5.80. The molecular weight excluding hydrogens is 369 g/mol. The summed E-state index contributed by atoms with van der Waals surface area (Å²) in [6.07, 6.45) is -3.87. The number of benzene rings is 1. The summed E-state index contributed by atoms with van der Waals surface area (Å²) in [6.45, 7) is 1.93. The quantitative estimate of drug-likeness (QED) is 0.879. The fourth-order valence-electron chi connectivity index (χ4n) is 2.64. The average Bonchev–Trinajstić information content (AvgIpc) is 3.20. The molecule has 2 heterocycles. The van der Waals surface area contributed by atoms with Crippen LogP contribution in [0.3, 0.4) is 0 Å². The molecule has 3 rings (SSSR count). The molecule has 0 bridgehead atoms. The van der Waals surface area contributed by atoms with Crippen molar-refractivity contribution in [3.8, 4) is 0 Å². The van der Waals surface area contributed by atoms with E-state index < -0.39 is 29.5 Å². The first-order chi connectivity index (χ1) is 12.3. The van der Waals surface area contributed by atoms with Crippen molar-refractivity contribution >= 4 is 34.0 Å². The molecule has 1 N–H and O–H groups in total. The zero-order valence-corrected chi connectivity index (χ0v) is 14.5. The van der Waals surface area contributed by atoms with E-state index in [4.69, 9.17) is 0 Å². The third-order valence-corrected chi connectivity index (χ3v) is 4.96. The fourth-order valence-corrected chi connectivity index (χ4v) is 3.32. The van der Waals surface area contributed by atoms with Crippen molar-refractivity contribution in [3.63, 3.8) is 0 Å². The number of hydrogen-bond acceptors (Lipinski definition) is 5. The van der Waals surface area contributed by atoms with Crippen molar-refractivity contribution < 1.29 is 22.8 Å². The van der Waals surface area contributed by atoms with Crippen molar-refractivity contribution in [3.05, 3.63) is 34.8 Å².